The Hall–Kier alpha value is -2.56. The summed E-state index contributed by atoms with van der Waals surface area (Å²) in [5.41, 5.74) is 2.92. The highest BCUT2D eigenvalue weighted by Gasteiger charge is 2.23. The van der Waals surface area contributed by atoms with E-state index in [4.69, 9.17) is 4.74 Å². The number of cyclic esters (lactones) is 1. The van der Waals surface area contributed by atoms with Crippen molar-refractivity contribution in [2.75, 3.05) is 23.4 Å². The zero-order valence-corrected chi connectivity index (χ0v) is 11.0. The summed E-state index contributed by atoms with van der Waals surface area (Å²) < 4.78 is 4.95. The van der Waals surface area contributed by atoms with Crippen molar-refractivity contribution in [1.29, 1.82) is 0 Å². The molecule has 3 rings (SSSR count). The molecule has 1 aromatic carbocycles. The minimum atomic E-state index is -0.283. The summed E-state index contributed by atoms with van der Waals surface area (Å²) in [4.78, 5) is 17.3. The van der Waals surface area contributed by atoms with E-state index in [9.17, 15) is 4.79 Å². The molecular formula is C15H15N3O2. The number of aromatic nitrogens is 1. The molecule has 2 heterocycles. The fourth-order valence-corrected chi connectivity index (χ4v) is 2.12. The van der Waals surface area contributed by atoms with Gasteiger partial charge in [-0.2, -0.15) is 0 Å². The monoisotopic (exact) mass is 269 g/mol. The number of carbonyl (C=O) groups excluding carboxylic acids is 1. The summed E-state index contributed by atoms with van der Waals surface area (Å²) in [5.74, 6) is 0. The Morgan fingerprint density at radius 1 is 1.30 bits per heavy atom. The van der Waals surface area contributed by atoms with Crippen molar-refractivity contribution in [2.24, 2.45) is 0 Å². The maximum absolute atomic E-state index is 11.5. The average Bonchev–Trinajstić information content (AvgIpc) is 2.93. The Balaban J connectivity index is 1.70. The zero-order chi connectivity index (χ0) is 13.8. The number of ether oxygens (including phenoxy) is 1. The molecule has 0 aliphatic carbocycles. The zero-order valence-electron chi connectivity index (χ0n) is 11.0. The molecule has 20 heavy (non-hydrogen) atoms. The lowest BCUT2D eigenvalue weighted by molar-refractivity contribution is 0.181. The number of rotatable bonds is 4. The van der Waals surface area contributed by atoms with Gasteiger partial charge in [-0.05, 0) is 29.8 Å². The highest BCUT2D eigenvalue weighted by atomic mass is 16.6. The van der Waals surface area contributed by atoms with E-state index in [0.29, 0.717) is 19.7 Å². The summed E-state index contributed by atoms with van der Waals surface area (Å²) in [6, 6.07) is 11.7. The Morgan fingerprint density at radius 3 is 3.00 bits per heavy atom. The lowest BCUT2D eigenvalue weighted by Crippen LogP contribution is -2.23. The third kappa shape index (κ3) is 2.71. The molecule has 1 fully saturated rings. The first kappa shape index (κ1) is 12.5. The van der Waals surface area contributed by atoms with Crippen molar-refractivity contribution in [3.05, 3.63) is 54.4 Å². The number of hydrogen-bond donors (Lipinski definition) is 1. The van der Waals surface area contributed by atoms with Gasteiger partial charge in [0, 0.05) is 30.3 Å². The molecular weight excluding hydrogens is 254 g/mol. The molecule has 5 heteroatoms. The predicted molar refractivity (Wildman–Crippen MR) is 76.7 cm³/mol. The van der Waals surface area contributed by atoms with Gasteiger partial charge in [0.15, 0.2) is 0 Å². The van der Waals surface area contributed by atoms with Crippen LogP contribution in [0.2, 0.25) is 0 Å². The van der Waals surface area contributed by atoms with Crippen LogP contribution in [0.3, 0.4) is 0 Å². The molecule has 1 saturated heterocycles. The second-order valence-corrected chi connectivity index (χ2v) is 4.53. The van der Waals surface area contributed by atoms with Crippen LogP contribution in [-0.2, 0) is 11.3 Å². The summed E-state index contributed by atoms with van der Waals surface area (Å²) >= 11 is 0. The van der Waals surface area contributed by atoms with Crippen molar-refractivity contribution in [2.45, 2.75) is 6.54 Å². The smallest absolute Gasteiger partial charge is 0.414 e. The topological polar surface area (TPSA) is 54.5 Å². The molecule has 1 aliphatic rings. The highest BCUT2D eigenvalue weighted by Crippen LogP contribution is 2.22. The molecule has 1 aliphatic heterocycles. The third-order valence-electron chi connectivity index (χ3n) is 3.14. The normalized spacial score (nSPS) is 14.2. The standard InChI is InChI=1S/C15H15N3O2/c19-15-18(7-8-20-15)14-5-1-4-13(9-14)17-11-12-3-2-6-16-10-12/h1-6,9-10,17H,7-8,11H2. The number of amides is 1. The Labute approximate surface area is 117 Å². The maximum Gasteiger partial charge on any atom is 0.414 e. The molecule has 1 amide bonds. The van der Waals surface area contributed by atoms with Crippen LogP contribution in [0.15, 0.2) is 48.8 Å². The van der Waals surface area contributed by atoms with Crippen LogP contribution >= 0.6 is 0 Å². The first-order valence-corrected chi connectivity index (χ1v) is 6.50. The van der Waals surface area contributed by atoms with E-state index in [-0.39, 0.29) is 6.09 Å². The summed E-state index contributed by atoms with van der Waals surface area (Å²) in [6.45, 7) is 1.75. The van der Waals surface area contributed by atoms with E-state index >= 15 is 0 Å². The summed E-state index contributed by atoms with van der Waals surface area (Å²) in [7, 11) is 0. The van der Waals surface area contributed by atoms with Crippen LogP contribution in [0.5, 0.6) is 0 Å². The fourth-order valence-electron chi connectivity index (χ4n) is 2.12. The SMILES string of the molecule is O=C1OCCN1c1cccc(NCc2cccnc2)c1. The van der Waals surface area contributed by atoms with Gasteiger partial charge < -0.3 is 10.1 Å². The molecule has 0 spiro atoms. The van der Waals surface area contributed by atoms with Crippen LogP contribution in [-0.4, -0.2) is 24.2 Å². The first-order valence-electron chi connectivity index (χ1n) is 6.50. The van der Waals surface area contributed by atoms with E-state index in [1.54, 1.807) is 11.1 Å². The van der Waals surface area contributed by atoms with Crippen molar-refractivity contribution in [3.63, 3.8) is 0 Å². The van der Waals surface area contributed by atoms with Gasteiger partial charge in [-0.15, -0.1) is 0 Å². The molecule has 0 atom stereocenters. The molecule has 0 bridgehead atoms. The third-order valence-corrected chi connectivity index (χ3v) is 3.14. The van der Waals surface area contributed by atoms with Crippen LogP contribution < -0.4 is 10.2 Å². The van der Waals surface area contributed by atoms with Gasteiger partial charge in [-0.3, -0.25) is 9.88 Å². The Bertz CT molecular complexity index is 601. The lowest BCUT2D eigenvalue weighted by Gasteiger charge is -2.14. The first-order chi connectivity index (χ1) is 9.83. The van der Waals surface area contributed by atoms with Gasteiger partial charge in [0.1, 0.15) is 6.61 Å². The number of carbonyl (C=O) groups is 1. The molecule has 102 valence electrons. The van der Waals surface area contributed by atoms with Crippen LogP contribution in [0, 0.1) is 0 Å². The number of anilines is 2. The minimum absolute atomic E-state index is 0.283. The second-order valence-electron chi connectivity index (χ2n) is 4.53. The Kier molecular flexibility index (Phi) is 3.50. The van der Waals surface area contributed by atoms with Crippen molar-refractivity contribution in [3.8, 4) is 0 Å². The average molecular weight is 269 g/mol. The number of benzene rings is 1. The molecule has 1 aromatic heterocycles. The quantitative estimate of drug-likeness (QED) is 0.927. The molecule has 0 saturated carbocycles. The predicted octanol–water partition coefficient (Wildman–Crippen LogP) is 2.65. The second kappa shape index (κ2) is 5.61. The number of hydrogen-bond acceptors (Lipinski definition) is 4. The fraction of sp³-hybridized carbons (Fsp3) is 0.200. The van der Waals surface area contributed by atoms with Gasteiger partial charge in [-0.1, -0.05) is 12.1 Å². The molecule has 0 unspecified atom stereocenters. The van der Waals surface area contributed by atoms with Gasteiger partial charge in [-0.25, -0.2) is 4.79 Å². The van der Waals surface area contributed by atoms with E-state index in [1.807, 2.05) is 42.6 Å². The van der Waals surface area contributed by atoms with Gasteiger partial charge in [0.2, 0.25) is 0 Å². The highest BCUT2D eigenvalue weighted by molar-refractivity contribution is 5.89. The maximum atomic E-state index is 11.5. The van der Waals surface area contributed by atoms with E-state index < -0.39 is 0 Å². The molecule has 2 aromatic rings. The van der Waals surface area contributed by atoms with E-state index in [1.165, 1.54) is 0 Å². The van der Waals surface area contributed by atoms with Gasteiger partial charge in [0.25, 0.3) is 0 Å². The van der Waals surface area contributed by atoms with Crippen molar-refractivity contribution < 1.29 is 9.53 Å². The van der Waals surface area contributed by atoms with E-state index in [0.717, 1.165) is 16.9 Å². The molecule has 5 nitrogen and oxygen atoms in total. The number of nitrogens with zero attached hydrogens (tertiary/aromatic N) is 2. The van der Waals surface area contributed by atoms with Gasteiger partial charge >= 0.3 is 6.09 Å². The van der Waals surface area contributed by atoms with Gasteiger partial charge in [0.05, 0.1) is 6.54 Å². The number of pyridine rings is 1. The number of nitrogens with one attached hydrogen (secondary N) is 1. The summed E-state index contributed by atoms with van der Waals surface area (Å²) in [5, 5.41) is 3.32. The summed E-state index contributed by atoms with van der Waals surface area (Å²) in [6.07, 6.45) is 3.30. The molecule has 1 N–H and O–H groups in total. The van der Waals surface area contributed by atoms with Crippen molar-refractivity contribution in [1.82, 2.24) is 4.98 Å². The Morgan fingerprint density at radius 2 is 2.25 bits per heavy atom. The largest absolute Gasteiger partial charge is 0.447 e. The molecule has 0 radical (unpaired) electrons. The van der Waals surface area contributed by atoms with Crippen LogP contribution in [0.4, 0.5) is 16.2 Å². The van der Waals surface area contributed by atoms with Crippen molar-refractivity contribution >= 4 is 17.5 Å². The van der Waals surface area contributed by atoms with Crippen LogP contribution in [0.1, 0.15) is 5.56 Å². The minimum Gasteiger partial charge on any atom is -0.447 e. The lowest BCUT2D eigenvalue weighted by atomic mass is 10.2. The van der Waals surface area contributed by atoms with E-state index in [2.05, 4.69) is 10.3 Å². The van der Waals surface area contributed by atoms with Crippen LogP contribution in [0.25, 0.3) is 0 Å².